The molecule has 6 rings (SSSR count). The van der Waals surface area contributed by atoms with Crippen LogP contribution in [0.2, 0.25) is 0 Å². The number of carbonyl (C=O) groups is 1. The highest BCUT2D eigenvalue weighted by atomic mass is 16.8. The predicted molar refractivity (Wildman–Crippen MR) is 271 cm³/mol. The molecule has 0 saturated carbocycles. The van der Waals surface area contributed by atoms with E-state index in [1.807, 2.05) is 6.92 Å². The molecule has 6 fully saturated rings. The van der Waals surface area contributed by atoms with Gasteiger partial charge in [-0.15, -0.1) is 0 Å². The van der Waals surface area contributed by atoms with E-state index in [-0.39, 0.29) is 6.42 Å². The summed E-state index contributed by atoms with van der Waals surface area (Å²) < 4.78 is 83.0. The second-order valence-electron chi connectivity index (χ2n) is 22.2. The number of aliphatic hydroxyl groups is 15. The normalized spacial score (nSPS) is 46.5. The van der Waals surface area contributed by atoms with Gasteiger partial charge in [0.1, 0.15) is 116 Å². The Kier molecular flexibility index (Phi) is 27.1. The van der Waals surface area contributed by atoms with Gasteiger partial charge < -0.3 is 143 Å². The van der Waals surface area contributed by atoms with Gasteiger partial charge in [-0.1, -0.05) is 51.9 Å². The molecule has 30 heteroatoms. The molecule has 0 aliphatic carbocycles. The summed E-state index contributed by atoms with van der Waals surface area (Å²) in [6.07, 6.45) is -46.3. The molecule has 0 aromatic carbocycles. The van der Waals surface area contributed by atoms with E-state index < -0.39 is 209 Å². The standard InChI is InChI=1S/C52H92O30/c1-8-9-16-25(17-14-12-10-11-13-15-24(54)18-27(55)69-6)75-50-43(34(62)30(58)22(4)73-50)81-51-44(35(63)31(59)26(19-53)76-51)80-49-40(68)42(41(23(5)74-49)77-47-37(65)32(60)28(56)20(2)71-47)78-52-45(36(64)39(67)46(70-7)82-52)79-48-38(66)33(61)29(57)21(3)72-48/h20-26,28-54,56-68H,8-19H2,1-7H3/t20-,21-,22-,23+,24+,25+,26-,28-,29-,30-,31-,32+,33+,34+,35+,36+,37-,38-,39+,40-,41+,42+,43-,44-,45-,46+,47+,48+,49+,50+,51+,52-/m1/s1. The average Bonchev–Trinajstić information content (AvgIpc) is 3.54. The zero-order valence-electron chi connectivity index (χ0n) is 47.3. The highest BCUT2D eigenvalue weighted by molar-refractivity contribution is 5.69. The molecule has 0 aromatic rings. The van der Waals surface area contributed by atoms with Gasteiger partial charge in [-0.05, 0) is 47.0 Å². The van der Waals surface area contributed by atoms with Gasteiger partial charge in [-0.25, -0.2) is 0 Å². The third-order valence-electron chi connectivity index (χ3n) is 16.1. The quantitative estimate of drug-likeness (QED) is 0.0270. The lowest BCUT2D eigenvalue weighted by Crippen LogP contribution is -2.68. The third kappa shape index (κ3) is 16.9. The largest absolute Gasteiger partial charge is 0.469 e. The lowest BCUT2D eigenvalue weighted by Gasteiger charge is -2.51. The van der Waals surface area contributed by atoms with Crippen molar-refractivity contribution in [3.8, 4) is 0 Å². The average molecular weight is 1200 g/mol. The molecule has 0 aromatic heterocycles. The van der Waals surface area contributed by atoms with Crippen LogP contribution >= 0.6 is 0 Å². The van der Waals surface area contributed by atoms with Gasteiger partial charge in [0.25, 0.3) is 0 Å². The van der Waals surface area contributed by atoms with Crippen LogP contribution in [0.1, 0.15) is 105 Å². The highest BCUT2D eigenvalue weighted by Gasteiger charge is 2.58. The SMILES string of the molecule is CCCC[C@@H](CCCCCCC[C@H](O)CC(=O)OC)O[C@@H]1O[C@H](C)[C@@H](O)[C@H](O)[C@H]1O[C@@H]1O[C@H](CO)[C@@H](O)[C@H](O)[C@H]1O[C@@H]1O[C@@H](C)[C@H](O[C@@H]2O[C@H](C)[C@@H](O)[C@H](O)[C@H]2O)[C@@H](O[C@@H]2O[C@H](OC)[C@@H](O)[C@H](O)[C@H]2O[C@@H]2O[C@H](C)[C@@H](O)[C@H](O)[C@H]2O)[C@H]1O. The van der Waals surface area contributed by atoms with Gasteiger partial charge in [-0.3, -0.25) is 4.79 Å². The van der Waals surface area contributed by atoms with Crippen LogP contribution in [0.15, 0.2) is 0 Å². The van der Waals surface area contributed by atoms with Crippen molar-refractivity contribution < 1.29 is 148 Å². The molecule has 30 nitrogen and oxygen atoms in total. The number of hydrogen-bond acceptors (Lipinski definition) is 30. The summed E-state index contributed by atoms with van der Waals surface area (Å²) in [7, 11) is 2.37. The summed E-state index contributed by atoms with van der Waals surface area (Å²) in [6, 6.07) is 0. The number of unbranched alkanes of at least 4 members (excludes halogenated alkanes) is 5. The number of aliphatic hydroxyl groups excluding tert-OH is 15. The number of hydrogen-bond donors (Lipinski definition) is 15. The molecular formula is C52H92O30. The van der Waals surface area contributed by atoms with Crippen molar-refractivity contribution in [3.63, 3.8) is 0 Å². The van der Waals surface area contributed by atoms with Gasteiger partial charge in [0.2, 0.25) is 0 Å². The van der Waals surface area contributed by atoms with Gasteiger partial charge >= 0.3 is 5.97 Å². The predicted octanol–water partition coefficient (Wildman–Crippen LogP) is -5.14. The maximum Gasteiger partial charge on any atom is 0.308 e. The first-order valence-corrected chi connectivity index (χ1v) is 28.5. The van der Waals surface area contributed by atoms with Crippen molar-refractivity contribution >= 4 is 5.97 Å². The van der Waals surface area contributed by atoms with Crippen LogP contribution in [0.4, 0.5) is 0 Å². The lowest BCUT2D eigenvalue weighted by molar-refractivity contribution is -0.422. The van der Waals surface area contributed by atoms with Gasteiger partial charge in [0.05, 0.1) is 56.8 Å². The minimum Gasteiger partial charge on any atom is -0.469 e. The minimum absolute atomic E-state index is 0.0802. The Morgan fingerprint density at radius 2 is 0.829 bits per heavy atom. The van der Waals surface area contributed by atoms with Crippen LogP contribution < -0.4 is 0 Å². The van der Waals surface area contributed by atoms with Crippen molar-refractivity contribution in [2.45, 2.75) is 302 Å². The van der Waals surface area contributed by atoms with Crippen LogP contribution in [0, 0.1) is 0 Å². The fraction of sp³-hybridized carbons (Fsp3) is 0.981. The van der Waals surface area contributed by atoms with E-state index in [2.05, 4.69) is 4.74 Å². The summed E-state index contributed by atoms with van der Waals surface area (Å²) in [6.45, 7) is 6.72. The number of ether oxygens (including phenoxy) is 14. The summed E-state index contributed by atoms with van der Waals surface area (Å²) in [5, 5.41) is 166. The highest BCUT2D eigenvalue weighted by Crippen LogP contribution is 2.39. The van der Waals surface area contributed by atoms with Crippen molar-refractivity contribution in [2.75, 3.05) is 20.8 Å². The van der Waals surface area contributed by atoms with E-state index in [1.54, 1.807) is 0 Å². The molecular weight excluding hydrogens is 1100 g/mol. The summed E-state index contributed by atoms with van der Waals surface area (Å²) in [4.78, 5) is 11.5. The first-order chi connectivity index (χ1) is 38.9. The Hall–Kier alpha value is -1.65. The van der Waals surface area contributed by atoms with Gasteiger partial charge in [-0.2, -0.15) is 0 Å². The number of esters is 1. The smallest absolute Gasteiger partial charge is 0.308 e. The number of carbonyl (C=O) groups excluding carboxylic acids is 1. The molecule has 0 amide bonds. The van der Waals surface area contributed by atoms with Crippen LogP contribution in [0.3, 0.4) is 0 Å². The van der Waals surface area contributed by atoms with Crippen molar-refractivity contribution in [1.82, 2.24) is 0 Å². The molecule has 0 bridgehead atoms. The topological polar surface area (TPSA) is 450 Å². The summed E-state index contributed by atoms with van der Waals surface area (Å²) >= 11 is 0. The number of rotatable bonds is 27. The van der Waals surface area contributed by atoms with E-state index in [0.29, 0.717) is 32.1 Å². The molecule has 0 unspecified atom stereocenters. The molecule has 6 aliphatic heterocycles. The lowest BCUT2D eigenvalue weighted by atomic mass is 9.95. The molecule has 6 aliphatic rings. The molecule has 32 atom stereocenters. The number of methoxy groups -OCH3 is 2. The molecule has 15 N–H and O–H groups in total. The molecule has 480 valence electrons. The first-order valence-electron chi connectivity index (χ1n) is 28.5. The Bertz CT molecular complexity index is 1870. The fourth-order valence-corrected chi connectivity index (χ4v) is 10.9. The zero-order valence-corrected chi connectivity index (χ0v) is 47.3. The third-order valence-corrected chi connectivity index (χ3v) is 16.1. The molecule has 6 saturated heterocycles. The van der Waals surface area contributed by atoms with Crippen LogP contribution in [0.25, 0.3) is 0 Å². The monoisotopic (exact) mass is 1200 g/mol. The maximum absolute atomic E-state index is 12.5. The Morgan fingerprint density at radius 1 is 0.415 bits per heavy atom. The Morgan fingerprint density at radius 3 is 1.38 bits per heavy atom. The minimum atomic E-state index is -2.18. The Labute approximate surface area is 475 Å². The van der Waals surface area contributed by atoms with Crippen LogP contribution in [-0.2, 0) is 71.1 Å². The van der Waals surface area contributed by atoms with E-state index in [4.69, 9.17) is 61.6 Å². The molecule has 0 radical (unpaired) electrons. The van der Waals surface area contributed by atoms with Crippen molar-refractivity contribution in [2.24, 2.45) is 0 Å². The Balaban J connectivity index is 1.26. The molecule has 0 spiro atoms. The first kappa shape index (κ1) is 69.5. The second kappa shape index (κ2) is 32.0. The fourth-order valence-electron chi connectivity index (χ4n) is 10.9. The molecule has 6 heterocycles. The van der Waals surface area contributed by atoms with Gasteiger partial charge in [0, 0.05) is 7.11 Å². The van der Waals surface area contributed by atoms with E-state index >= 15 is 0 Å². The van der Waals surface area contributed by atoms with Crippen molar-refractivity contribution in [1.29, 1.82) is 0 Å². The maximum atomic E-state index is 12.5. The van der Waals surface area contributed by atoms with Crippen molar-refractivity contribution in [3.05, 3.63) is 0 Å². The second-order valence-corrected chi connectivity index (χ2v) is 22.2. The zero-order chi connectivity index (χ0) is 60.4. The van der Waals surface area contributed by atoms with E-state index in [0.717, 1.165) is 39.2 Å². The van der Waals surface area contributed by atoms with E-state index in [9.17, 15) is 81.4 Å². The summed E-state index contributed by atoms with van der Waals surface area (Å²) in [5.74, 6) is -0.486. The van der Waals surface area contributed by atoms with E-state index in [1.165, 1.54) is 34.8 Å². The summed E-state index contributed by atoms with van der Waals surface area (Å²) in [5.41, 5.74) is 0. The van der Waals surface area contributed by atoms with Gasteiger partial charge in [0.15, 0.2) is 44.0 Å². The molecule has 82 heavy (non-hydrogen) atoms. The van der Waals surface area contributed by atoms with Crippen LogP contribution in [-0.4, -0.2) is 300 Å². The van der Waals surface area contributed by atoms with Crippen LogP contribution in [0.5, 0.6) is 0 Å².